The van der Waals surface area contributed by atoms with Crippen LogP contribution in [-0.4, -0.2) is 11.2 Å². The molecule has 0 aromatic heterocycles. The fraction of sp³-hybridized carbons (Fsp3) is 0. The molecular weight excluding hydrogens is 197 g/mol. The van der Waals surface area contributed by atoms with Crippen LogP contribution in [0.5, 0.6) is 0 Å². The lowest BCUT2D eigenvalue weighted by atomic mass is 10.1. The largest absolute Gasteiger partial charge is 0.465 e. The minimum atomic E-state index is -1.13. The van der Waals surface area contributed by atoms with Gasteiger partial charge >= 0.3 is 6.09 Å². The molecule has 2 rings (SSSR count). The summed E-state index contributed by atoms with van der Waals surface area (Å²) in [6, 6.07) is 9.25. The van der Waals surface area contributed by atoms with Crippen molar-refractivity contribution < 1.29 is 14.3 Å². The number of carbonyl (C=O) groups is 1. The maximum atomic E-state index is 12.9. The zero-order valence-corrected chi connectivity index (χ0v) is 7.70. The Morgan fingerprint density at radius 2 is 2.07 bits per heavy atom. The Morgan fingerprint density at radius 3 is 2.80 bits per heavy atom. The summed E-state index contributed by atoms with van der Waals surface area (Å²) in [5, 5.41) is 12.2. The van der Waals surface area contributed by atoms with Gasteiger partial charge in [0, 0.05) is 5.39 Å². The Kier molecular flexibility index (Phi) is 2.25. The number of rotatable bonds is 1. The highest BCUT2D eigenvalue weighted by Gasteiger charge is 2.03. The molecule has 4 heteroatoms. The molecule has 3 nitrogen and oxygen atoms in total. The Hall–Kier alpha value is -2.10. The van der Waals surface area contributed by atoms with Crippen LogP contribution in [0.3, 0.4) is 0 Å². The van der Waals surface area contributed by atoms with Crippen LogP contribution in [0.1, 0.15) is 0 Å². The lowest BCUT2D eigenvalue weighted by Crippen LogP contribution is -2.07. The Labute approximate surface area is 85.1 Å². The summed E-state index contributed by atoms with van der Waals surface area (Å²) < 4.78 is 12.9. The zero-order chi connectivity index (χ0) is 10.8. The second-order valence-electron chi connectivity index (χ2n) is 3.10. The first-order chi connectivity index (χ1) is 7.16. The van der Waals surface area contributed by atoms with E-state index < -0.39 is 6.09 Å². The van der Waals surface area contributed by atoms with Crippen LogP contribution in [-0.2, 0) is 0 Å². The topological polar surface area (TPSA) is 49.3 Å². The zero-order valence-electron chi connectivity index (χ0n) is 7.70. The standard InChI is InChI=1S/C11H8FNO2/c12-8-4-5-9-7(6-8)2-1-3-10(9)13-11(14)15/h1-6,13H,(H,14,15). The van der Waals surface area contributed by atoms with Gasteiger partial charge < -0.3 is 5.11 Å². The van der Waals surface area contributed by atoms with Crippen LogP contribution in [0, 0.1) is 5.82 Å². The summed E-state index contributed by atoms with van der Waals surface area (Å²) in [5.74, 6) is -0.338. The smallest absolute Gasteiger partial charge is 0.409 e. The normalized spacial score (nSPS) is 10.2. The van der Waals surface area contributed by atoms with Gasteiger partial charge in [-0.3, -0.25) is 5.32 Å². The molecule has 1 amide bonds. The molecule has 76 valence electrons. The Morgan fingerprint density at radius 1 is 1.27 bits per heavy atom. The highest BCUT2D eigenvalue weighted by molar-refractivity contribution is 5.99. The molecule has 2 aromatic rings. The van der Waals surface area contributed by atoms with Crippen LogP contribution in [0.4, 0.5) is 14.9 Å². The molecule has 0 aliphatic rings. The van der Waals surface area contributed by atoms with Crippen LogP contribution < -0.4 is 5.32 Å². The summed E-state index contributed by atoms with van der Waals surface area (Å²) in [6.07, 6.45) is -1.13. The molecule has 0 atom stereocenters. The molecule has 0 saturated carbocycles. The molecule has 0 radical (unpaired) electrons. The monoisotopic (exact) mass is 205 g/mol. The lowest BCUT2D eigenvalue weighted by Gasteiger charge is -2.05. The molecule has 0 aliphatic heterocycles. The second kappa shape index (κ2) is 3.57. The molecular formula is C11H8FNO2. The van der Waals surface area contributed by atoms with E-state index in [9.17, 15) is 9.18 Å². The second-order valence-corrected chi connectivity index (χ2v) is 3.10. The van der Waals surface area contributed by atoms with E-state index in [2.05, 4.69) is 5.32 Å². The first-order valence-electron chi connectivity index (χ1n) is 4.35. The number of fused-ring (bicyclic) bond motifs is 1. The first-order valence-corrected chi connectivity index (χ1v) is 4.35. The summed E-state index contributed by atoms with van der Waals surface area (Å²) in [4.78, 5) is 10.5. The van der Waals surface area contributed by atoms with Crippen molar-refractivity contribution in [2.45, 2.75) is 0 Å². The molecule has 0 unspecified atom stereocenters. The van der Waals surface area contributed by atoms with Gasteiger partial charge in [0.25, 0.3) is 0 Å². The quantitative estimate of drug-likeness (QED) is 0.751. The van der Waals surface area contributed by atoms with E-state index in [1.807, 2.05) is 0 Å². The van der Waals surface area contributed by atoms with Crippen molar-refractivity contribution in [2.75, 3.05) is 5.32 Å². The first kappa shape index (κ1) is 9.45. The van der Waals surface area contributed by atoms with Crippen molar-refractivity contribution in [1.29, 1.82) is 0 Å². The number of carboxylic acid groups (broad SMARTS) is 1. The van der Waals surface area contributed by atoms with Crippen molar-refractivity contribution in [1.82, 2.24) is 0 Å². The predicted molar refractivity (Wildman–Crippen MR) is 55.6 cm³/mol. The molecule has 0 spiro atoms. The van der Waals surface area contributed by atoms with Gasteiger partial charge in [-0.25, -0.2) is 9.18 Å². The van der Waals surface area contributed by atoms with Crippen LogP contribution in [0.25, 0.3) is 10.8 Å². The molecule has 0 aliphatic carbocycles. The van der Waals surface area contributed by atoms with Crippen LogP contribution >= 0.6 is 0 Å². The molecule has 0 saturated heterocycles. The van der Waals surface area contributed by atoms with Crippen LogP contribution in [0.15, 0.2) is 36.4 Å². The Bertz CT molecular complexity index is 525. The van der Waals surface area contributed by atoms with Crippen molar-refractivity contribution in [3.63, 3.8) is 0 Å². The van der Waals surface area contributed by atoms with Gasteiger partial charge in [0.05, 0.1) is 5.69 Å². The van der Waals surface area contributed by atoms with Gasteiger partial charge in [-0.2, -0.15) is 0 Å². The number of nitrogens with one attached hydrogen (secondary N) is 1. The highest BCUT2D eigenvalue weighted by Crippen LogP contribution is 2.23. The minimum absolute atomic E-state index is 0.338. The average molecular weight is 205 g/mol. The minimum Gasteiger partial charge on any atom is -0.465 e. The molecule has 15 heavy (non-hydrogen) atoms. The van der Waals surface area contributed by atoms with Crippen molar-refractivity contribution in [3.05, 3.63) is 42.2 Å². The number of anilines is 1. The van der Waals surface area contributed by atoms with Gasteiger partial charge in [0.1, 0.15) is 5.82 Å². The summed E-state index contributed by atoms with van der Waals surface area (Å²) >= 11 is 0. The summed E-state index contributed by atoms with van der Waals surface area (Å²) in [6.45, 7) is 0. The van der Waals surface area contributed by atoms with E-state index in [1.165, 1.54) is 12.1 Å². The van der Waals surface area contributed by atoms with E-state index in [4.69, 9.17) is 5.11 Å². The van der Waals surface area contributed by atoms with Crippen molar-refractivity contribution in [3.8, 4) is 0 Å². The predicted octanol–water partition coefficient (Wildman–Crippen LogP) is 3.07. The number of hydrogen-bond acceptors (Lipinski definition) is 1. The maximum absolute atomic E-state index is 12.9. The summed E-state index contributed by atoms with van der Waals surface area (Å²) in [7, 11) is 0. The van der Waals surface area contributed by atoms with Gasteiger partial charge in [-0.05, 0) is 29.7 Å². The molecule has 0 bridgehead atoms. The van der Waals surface area contributed by atoms with E-state index in [0.717, 1.165) is 0 Å². The summed E-state index contributed by atoms with van der Waals surface area (Å²) in [5.41, 5.74) is 0.458. The van der Waals surface area contributed by atoms with Crippen molar-refractivity contribution >= 4 is 22.6 Å². The van der Waals surface area contributed by atoms with E-state index in [-0.39, 0.29) is 5.82 Å². The molecule has 2 N–H and O–H groups in total. The van der Waals surface area contributed by atoms with Gasteiger partial charge in [0.15, 0.2) is 0 Å². The number of hydrogen-bond donors (Lipinski definition) is 2. The van der Waals surface area contributed by atoms with Crippen molar-refractivity contribution in [2.24, 2.45) is 0 Å². The molecule has 2 aromatic carbocycles. The highest BCUT2D eigenvalue weighted by atomic mass is 19.1. The third kappa shape index (κ3) is 1.88. The SMILES string of the molecule is O=C(O)Nc1cccc2cc(F)ccc12. The molecule has 0 fully saturated rings. The third-order valence-corrected chi connectivity index (χ3v) is 2.08. The molecule has 0 heterocycles. The third-order valence-electron chi connectivity index (χ3n) is 2.08. The number of benzene rings is 2. The van der Waals surface area contributed by atoms with E-state index in [0.29, 0.717) is 16.5 Å². The fourth-order valence-electron chi connectivity index (χ4n) is 1.48. The van der Waals surface area contributed by atoms with Gasteiger partial charge in [-0.15, -0.1) is 0 Å². The van der Waals surface area contributed by atoms with Gasteiger partial charge in [0.2, 0.25) is 0 Å². The average Bonchev–Trinajstić information content (AvgIpc) is 2.16. The Balaban J connectivity index is 2.60. The number of halogens is 1. The lowest BCUT2D eigenvalue weighted by molar-refractivity contribution is 0.210. The fourth-order valence-corrected chi connectivity index (χ4v) is 1.48. The maximum Gasteiger partial charge on any atom is 0.409 e. The van der Waals surface area contributed by atoms with E-state index in [1.54, 1.807) is 24.3 Å². The van der Waals surface area contributed by atoms with Gasteiger partial charge in [-0.1, -0.05) is 12.1 Å². The number of amides is 1. The van der Waals surface area contributed by atoms with E-state index >= 15 is 0 Å². The van der Waals surface area contributed by atoms with Crippen LogP contribution in [0.2, 0.25) is 0 Å².